The fourth-order valence-electron chi connectivity index (χ4n) is 6.64. The van der Waals surface area contributed by atoms with Crippen molar-refractivity contribution in [2.24, 2.45) is 0 Å². The first-order valence-corrected chi connectivity index (χ1v) is 23.0. The third-order valence-electron chi connectivity index (χ3n) is 10.1. The summed E-state index contributed by atoms with van der Waals surface area (Å²) in [5.74, 6) is -0.479. The summed E-state index contributed by atoms with van der Waals surface area (Å²) in [6.45, 7) is 4.23. The average molecular weight is 795 g/mol. The summed E-state index contributed by atoms with van der Waals surface area (Å²) in [6.07, 6.45) is 21.4. The first-order valence-electron chi connectivity index (χ1n) is 21.5. The van der Waals surface area contributed by atoms with Crippen molar-refractivity contribution in [3.05, 3.63) is 12.2 Å². The zero-order valence-electron chi connectivity index (χ0n) is 33.8. The van der Waals surface area contributed by atoms with E-state index in [0.29, 0.717) is 13.0 Å². The lowest BCUT2D eigenvalue weighted by Gasteiger charge is -2.41. The first-order chi connectivity index (χ1) is 26.0. The van der Waals surface area contributed by atoms with Crippen molar-refractivity contribution in [3.8, 4) is 0 Å². The average Bonchev–Trinajstić information content (AvgIpc) is 3.15. The van der Waals surface area contributed by atoms with Crippen molar-refractivity contribution in [1.29, 1.82) is 0 Å². The van der Waals surface area contributed by atoms with E-state index in [0.717, 1.165) is 51.4 Å². The Morgan fingerprint density at radius 1 is 0.574 bits per heavy atom. The molecule has 6 atom stereocenters. The molecule has 1 saturated carbocycles. The van der Waals surface area contributed by atoms with E-state index in [1.54, 1.807) is 0 Å². The van der Waals surface area contributed by atoms with Gasteiger partial charge in [-0.2, -0.15) is 0 Å². The number of carbonyl (C=O) groups excluding carboxylic acids is 1. The van der Waals surface area contributed by atoms with Crippen LogP contribution in [-0.4, -0.2) is 98.9 Å². The molecule has 6 unspecified atom stereocenters. The van der Waals surface area contributed by atoms with Gasteiger partial charge in [0, 0.05) is 13.0 Å². The lowest BCUT2D eigenvalue weighted by atomic mass is 9.85. The van der Waals surface area contributed by atoms with Gasteiger partial charge in [0.05, 0.1) is 13.2 Å². The van der Waals surface area contributed by atoms with Gasteiger partial charge in [-0.15, -0.1) is 0 Å². The highest BCUT2D eigenvalue weighted by molar-refractivity contribution is 7.47. The topological polar surface area (TPSA) is 192 Å². The Kier molecular flexibility index (Phi) is 31.3. The van der Waals surface area contributed by atoms with Crippen molar-refractivity contribution in [1.82, 2.24) is 0 Å². The molecule has 0 aliphatic heterocycles. The van der Waals surface area contributed by atoms with E-state index in [-0.39, 0.29) is 13.0 Å². The van der Waals surface area contributed by atoms with Crippen LogP contribution in [0.3, 0.4) is 0 Å². The van der Waals surface area contributed by atoms with E-state index in [1.807, 2.05) is 0 Å². The summed E-state index contributed by atoms with van der Waals surface area (Å²) in [7, 11) is -5.01. The highest BCUT2D eigenvalue weighted by Crippen LogP contribution is 2.47. The molecule has 0 amide bonds. The minimum absolute atomic E-state index is 0.0760. The number of hydrogen-bond acceptors (Lipinski definition) is 11. The van der Waals surface area contributed by atoms with E-state index in [1.165, 1.54) is 103 Å². The smallest absolute Gasteiger partial charge is 0.457 e. The van der Waals surface area contributed by atoms with Crippen LogP contribution in [0.25, 0.3) is 0 Å². The largest absolute Gasteiger partial charge is 0.472 e. The van der Waals surface area contributed by atoms with Crippen LogP contribution in [0.2, 0.25) is 0 Å². The predicted molar refractivity (Wildman–Crippen MR) is 212 cm³/mol. The Hall–Kier alpha value is -0.920. The standard InChI is InChI=1S/C41H79O12P/c1-3-5-7-9-11-13-15-16-17-18-19-21-23-25-27-29-31-50-32-34(52-35(42)30-28-26-24-22-20-14-12-10-8-6-4-2)33-51-54(48,49)53-41-39(46)37(44)36(43)38(45)40(41)47/h16-17,34,36-41,43-47H,3-15,18-33H2,1-2H3,(H,48,49)/b17-16-. The maximum absolute atomic E-state index is 12.8. The molecular weight excluding hydrogens is 715 g/mol. The second-order valence-electron chi connectivity index (χ2n) is 15.2. The highest BCUT2D eigenvalue weighted by Gasteiger charge is 2.51. The molecule has 1 fully saturated rings. The number of phosphoric acid groups is 1. The second kappa shape index (κ2) is 33.1. The van der Waals surface area contributed by atoms with Crippen LogP contribution in [-0.2, 0) is 27.9 Å². The summed E-state index contributed by atoms with van der Waals surface area (Å²) >= 11 is 0. The number of aliphatic hydroxyl groups excluding tert-OH is 5. The van der Waals surface area contributed by atoms with E-state index in [9.17, 15) is 39.8 Å². The van der Waals surface area contributed by atoms with Gasteiger partial charge in [-0.1, -0.05) is 148 Å². The minimum atomic E-state index is -5.01. The summed E-state index contributed by atoms with van der Waals surface area (Å²) < 4.78 is 34.1. The van der Waals surface area contributed by atoms with Crippen molar-refractivity contribution >= 4 is 13.8 Å². The molecule has 6 N–H and O–H groups in total. The number of aliphatic hydroxyl groups is 5. The van der Waals surface area contributed by atoms with Crippen LogP contribution in [0.4, 0.5) is 0 Å². The molecule has 320 valence electrons. The normalized spacial score (nSPS) is 23.5. The van der Waals surface area contributed by atoms with Gasteiger partial charge >= 0.3 is 13.8 Å². The molecule has 0 spiro atoms. The highest BCUT2D eigenvalue weighted by atomic mass is 31.2. The number of phosphoric ester groups is 1. The van der Waals surface area contributed by atoms with Crippen molar-refractivity contribution < 1.29 is 58.3 Å². The Bertz CT molecular complexity index is 952. The van der Waals surface area contributed by atoms with E-state index >= 15 is 0 Å². The second-order valence-corrected chi connectivity index (χ2v) is 16.6. The van der Waals surface area contributed by atoms with Crippen molar-refractivity contribution in [2.45, 2.75) is 224 Å². The molecular formula is C41H79O12P. The molecule has 0 aromatic carbocycles. The van der Waals surface area contributed by atoms with E-state index in [4.69, 9.17) is 18.5 Å². The maximum Gasteiger partial charge on any atom is 0.472 e. The zero-order valence-corrected chi connectivity index (χ0v) is 34.7. The quantitative estimate of drug-likeness (QED) is 0.0155. The maximum atomic E-state index is 12.8. The third-order valence-corrected chi connectivity index (χ3v) is 11.1. The van der Waals surface area contributed by atoms with Gasteiger partial charge in [0.1, 0.15) is 42.7 Å². The molecule has 1 aliphatic rings. The van der Waals surface area contributed by atoms with Crippen molar-refractivity contribution in [2.75, 3.05) is 19.8 Å². The SMILES string of the molecule is CCCCCCCC/C=C\CCCCCCCCOCC(COP(=O)(O)OC1C(O)C(O)C(O)C(O)C1O)OC(=O)CCCCCCCCCCCCC. The Labute approximate surface area is 327 Å². The molecule has 12 nitrogen and oxygen atoms in total. The predicted octanol–water partition coefficient (Wildman–Crippen LogP) is 7.97. The van der Waals surface area contributed by atoms with Crippen LogP contribution in [0.5, 0.6) is 0 Å². The number of carbonyl (C=O) groups is 1. The van der Waals surface area contributed by atoms with Crippen LogP contribution >= 0.6 is 7.82 Å². The van der Waals surface area contributed by atoms with Gasteiger partial charge in [0.2, 0.25) is 0 Å². The van der Waals surface area contributed by atoms with E-state index in [2.05, 4.69) is 26.0 Å². The number of hydrogen-bond donors (Lipinski definition) is 6. The van der Waals surface area contributed by atoms with Crippen LogP contribution < -0.4 is 0 Å². The third kappa shape index (κ3) is 25.4. The molecule has 0 aromatic heterocycles. The molecule has 0 aromatic rings. The summed E-state index contributed by atoms with van der Waals surface area (Å²) in [5.41, 5.74) is 0. The van der Waals surface area contributed by atoms with Gasteiger partial charge in [0.25, 0.3) is 0 Å². The molecule has 0 heterocycles. The number of rotatable bonds is 36. The van der Waals surface area contributed by atoms with E-state index < -0.39 is 63.1 Å². The number of ether oxygens (including phenoxy) is 2. The first kappa shape index (κ1) is 51.1. The van der Waals surface area contributed by atoms with Crippen LogP contribution in [0, 0.1) is 0 Å². The minimum Gasteiger partial charge on any atom is -0.457 e. The van der Waals surface area contributed by atoms with Crippen LogP contribution in [0.15, 0.2) is 12.2 Å². The molecule has 0 radical (unpaired) electrons. The molecule has 13 heteroatoms. The molecule has 0 saturated heterocycles. The van der Waals surface area contributed by atoms with Gasteiger partial charge in [-0.05, 0) is 38.5 Å². The Morgan fingerprint density at radius 2 is 0.981 bits per heavy atom. The lowest BCUT2D eigenvalue weighted by Crippen LogP contribution is -2.64. The van der Waals surface area contributed by atoms with Gasteiger partial charge in [-0.25, -0.2) is 4.57 Å². The van der Waals surface area contributed by atoms with Crippen LogP contribution in [0.1, 0.15) is 181 Å². The molecule has 1 rings (SSSR count). The zero-order chi connectivity index (χ0) is 39.9. The number of esters is 1. The van der Waals surface area contributed by atoms with Gasteiger partial charge < -0.3 is 39.9 Å². The Morgan fingerprint density at radius 3 is 1.46 bits per heavy atom. The monoisotopic (exact) mass is 795 g/mol. The lowest BCUT2D eigenvalue weighted by molar-refractivity contribution is -0.220. The summed E-state index contributed by atoms with van der Waals surface area (Å²) in [6, 6.07) is 0. The Balaban J connectivity index is 2.42. The fraction of sp³-hybridized carbons (Fsp3) is 0.927. The van der Waals surface area contributed by atoms with Crippen molar-refractivity contribution in [3.63, 3.8) is 0 Å². The number of allylic oxidation sites excluding steroid dienone is 2. The fourth-order valence-corrected chi connectivity index (χ4v) is 7.62. The molecule has 1 aliphatic carbocycles. The van der Waals surface area contributed by atoms with Gasteiger partial charge in [0.15, 0.2) is 0 Å². The molecule has 54 heavy (non-hydrogen) atoms. The summed E-state index contributed by atoms with van der Waals surface area (Å²) in [4.78, 5) is 23.0. The molecule has 0 bridgehead atoms. The van der Waals surface area contributed by atoms with Gasteiger partial charge in [-0.3, -0.25) is 13.8 Å². The summed E-state index contributed by atoms with van der Waals surface area (Å²) in [5, 5.41) is 50.0. The number of unbranched alkanes of at least 4 members (excludes halogenated alkanes) is 22.